The largest absolute Gasteiger partial charge is 0.508 e. The van der Waals surface area contributed by atoms with Gasteiger partial charge in [0.25, 0.3) is 0 Å². The topological polar surface area (TPSA) is 40.5 Å². The summed E-state index contributed by atoms with van der Waals surface area (Å²) in [5.74, 6) is 0.493. The Hall–Kier alpha value is -3.52. The number of rotatable bonds is 4. The van der Waals surface area contributed by atoms with Crippen LogP contribution < -0.4 is 0 Å². The van der Waals surface area contributed by atoms with Crippen LogP contribution in [0, 0.1) is 0 Å². The summed E-state index contributed by atoms with van der Waals surface area (Å²) < 4.78 is 0. The van der Waals surface area contributed by atoms with Gasteiger partial charge in [-0.1, -0.05) is 78.9 Å². The zero-order valence-corrected chi connectivity index (χ0v) is 15.7. The summed E-state index contributed by atoms with van der Waals surface area (Å²) in [5.41, 5.74) is 5.22. The zero-order chi connectivity index (χ0) is 19.6. The Balaban J connectivity index is 1.83. The predicted octanol–water partition coefficient (Wildman–Crippen LogP) is 6.12. The van der Waals surface area contributed by atoms with E-state index in [1.54, 1.807) is 24.3 Å². The highest BCUT2D eigenvalue weighted by molar-refractivity contribution is 5.64. The first-order chi connectivity index (χ1) is 13.6. The normalized spacial score (nSPS) is 11.3. The van der Waals surface area contributed by atoms with Gasteiger partial charge in [0.1, 0.15) is 11.5 Å². The van der Waals surface area contributed by atoms with Gasteiger partial charge in [-0.25, -0.2) is 0 Å². The van der Waals surface area contributed by atoms with Crippen molar-refractivity contribution < 1.29 is 10.2 Å². The van der Waals surface area contributed by atoms with Crippen molar-refractivity contribution in [2.75, 3.05) is 0 Å². The molecule has 0 unspecified atom stereocenters. The maximum Gasteiger partial charge on any atom is 0.115 e. The van der Waals surface area contributed by atoms with E-state index < -0.39 is 5.41 Å². The van der Waals surface area contributed by atoms with Crippen LogP contribution in [0.3, 0.4) is 0 Å². The molecule has 0 saturated heterocycles. The molecular formula is C26H22O2. The fraction of sp³-hybridized carbons (Fsp3) is 0.0769. The quantitative estimate of drug-likeness (QED) is 0.427. The van der Waals surface area contributed by atoms with Gasteiger partial charge in [-0.3, -0.25) is 0 Å². The third-order valence-corrected chi connectivity index (χ3v) is 5.46. The van der Waals surface area contributed by atoms with Crippen LogP contribution >= 0.6 is 0 Å². The third-order valence-electron chi connectivity index (χ3n) is 5.46. The first-order valence-corrected chi connectivity index (χ1v) is 9.32. The lowest BCUT2D eigenvalue weighted by molar-refractivity contribution is 0.474. The number of phenols is 2. The molecule has 4 aromatic rings. The van der Waals surface area contributed by atoms with E-state index >= 15 is 0 Å². The molecule has 0 radical (unpaired) electrons. The first kappa shape index (κ1) is 17.9. The molecule has 0 aliphatic heterocycles. The fourth-order valence-electron chi connectivity index (χ4n) is 3.72. The van der Waals surface area contributed by atoms with Gasteiger partial charge in [0.15, 0.2) is 0 Å². The molecule has 2 heteroatoms. The number of hydrogen-bond donors (Lipinski definition) is 2. The Kier molecular flexibility index (Phi) is 4.62. The Morgan fingerprint density at radius 3 is 1.25 bits per heavy atom. The molecule has 0 saturated carbocycles. The number of hydrogen-bond acceptors (Lipinski definition) is 2. The van der Waals surface area contributed by atoms with Gasteiger partial charge in [-0.05, 0) is 59.0 Å². The van der Waals surface area contributed by atoms with E-state index in [1.165, 1.54) is 11.1 Å². The SMILES string of the molecule is CC(c1ccc(O)cc1)(c1ccc(O)cc1)c1ccc(-c2ccccc2)cc1. The fourth-order valence-corrected chi connectivity index (χ4v) is 3.72. The summed E-state index contributed by atoms with van der Waals surface area (Å²) in [5, 5.41) is 19.5. The maximum atomic E-state index is 9.73. The molecule has 0 spiro atoms. The molecule has 0 atom stereocenters. The highest BCUT2D eigenvalue weighted by Crippen LogP contribution is 2.40. The van der Waals surface area contributed by atoms with E-state index in [4.69, 9.17) is 0 Å². The molecule has 138 valence electrons. The van der Waals surface area contributed by atoms with Crippen molar-refractivity contribution in [3.63, 3.8) is 0 Å². The highest BCUT2D eigenvalue weighted by Gasteiger charge is 2.31. The van der Waals surface area contributed by atoms with Crippen LogP contribution in [0.4, 0.5) is 0 Å². The molecule has 0 aliphatic rings. The summed E-state index contributed by atoms with van der Waals surface area (Å²) in [6.45, 7) is 2.17. The van der Waals surface area contributed by atoms with Crippen molar-refractivity contribution in [2.24, 2.45) is 0 Å². The van der Waals surface area contributed by atoms with Crippen molar-refractivity contribution in [1.29, 1.82) is 0 Å². The maximum absolute atomic E-state index is 9.73. The molecule has 28 heavy (non-hydrogen) atoms. The average Bonchev–Trinajstić information content (AvgIpc) is 2.75. The van der Waals surface area contributed by atoms with Crippen LogP contribution in [0.15, 0.2) is 103 Å². The Morgan fingerprint density at radius 2 is 0.821 bits per heavy atom. The Labute approximate surface area is 165 Å². The molecule has 2 nitrogen and oxygen atoms in total. The van der Waals surface area contributed by atoms with E-state index in [0.717, 1.165) is 16.7 Å². The van der Waals surface area contributed by atoms with Gasteiger partial charge >= 0.3 is 0 Å². The number of benzene rings is 4. The van der Waals surface area contributed by atoms with Gasteiger partial charge in [0.2, 0.25) is 0 Å². The monoisotopic (exact) mass is 366 g/mol. The molecule has 2 N–H and O–H groups in total. The molecule has 0 fully saturated rings. The minimum atomic E-state index is -0.420. The predicted molar refractivity (Wildman–Crippen MR) is 114 cm³/mol. The molecule has 4 aromatic carbocycles. The Morgan fingerprint density at radius 1 is 0.464 bits per heavy atom. The summed E-state index contributed by atoms with van der Waals surface area (Å²) in [6.07, 6.45) is 0. The standard InChI is InChI=1S/C26H22O2/c1-26(22-11-15-24(27)16-12-22,23-13-17-25(28)18-14-23)21-9-7-20(8-10-21)19-5-3-2-4-6-19/h2-18,27-28H,1H3. The zero-order valence-electron chi connectivity index (χ0n) is 15.7. The summed E-state index contributed by atoms with van der Waals surface area (Å²) in [6, 6.07) is 33.6. The third kappa shape index (κ3) is 3.25. The van der Waals surface area contributed by atoms with Crippen LogP contribution in [0.1, 0.15) is 23.6 Å². The summed E-state index contributed by atoms with van der Waals surface area (Å²) >= 11 is 0. The van der Waals surface area contributed by atoms with Gasteiger partial charge in [-0.2, -0.15) is 0 Å². The van der Waals surface area contributed by atoms with Crippen molar-refractivity contribution in [2.45, 2.75) is 12.3 Å². The van der Waals surface area contributed by atoms with Crippen molar-refractivity contribution in [3.8, 4) is 22.6 Å². The van der Waals surface area contributed by atoms with Crippen LogP contribution in [0.25, 0.3) is 11.1 Å². The second-order valence-corrected chi connectivity index (χ2v) is 7.16. The summed E-state index contributed by atoms with van der Waals surface area (Å²) in [4.78, 5) is 0. The molecule has 0 bridgehead atoms. The Bertz CT molecular complexity index is 1000. The lowest BCUT2D eigenvalue weighted by Crippen LogP contribution is -2.25. The minimum Gasteiger partial charge on any atom is -0.508 e. The highest BCUT2D eigenvalue weighted by atomic mass is 16.3. The first-order valence-electron chi connectivity index (χ1n) is 9.32. The van der Waals surface area contributed by atoms with Crippen molar-refractivity contribution in [1.82, 2.24) is 0 Å². The molecule has 0 aromatic heterocycles. The van der Waals surface area contributed by atoms with Gasteiger partial charge in [0, 0.05) is 5.41 Å². The van der Waals surface area contributed by atoms with Gasteiger partial charge < -0.3 is 10.2 Å². The molecular weight excluding hydrogens is 344 g/mol. The van der Waals surface area contributed by atoms with Crippen LogP contribution in [-0.2, 0) is 5.41 Å². The summed E-state index contributed by atoms with van der Waals surface area (Å²) in [7, 11) is 0. The lowest BCUT2D eigenvalue weighted by Gasteiger charge is -2.32. The molecule has 0 heterocycles. The molecule has 4 rings (SSSR count). The van der Waals surface area contributed by atoms with Gasteiger partial charge in [0.05, 0.1) is 0 Å². The van der Waals surface area contributed by atoms with E-state index in [1.807, 2.05) is 42.5 Å². The minimum absolute atomic E-state index is 0.247. The van der Waals surface area contributed by atoms with Crippen LogP contribution in [-0.4, -0.2) is 10.2 Å². The molecule has 0 amide bonds. The molecule has 0 aliphatic carbocycles. The van der Waals surface area contributed by atoms with E-state index in [-0.39, 0.29) is 11.5 Å². The second-order valence-electron chi connectivity index (χ2n) is 7.16. The van der Waals surface area contributed by atoms with Crippen LogP contribution in [0.2, 0.25) is 0 Å². The lowest BCUT2D eigenvalue weighted by atomic mass is 9.71. The number of phenolic OH excluding ortho intramolecular Hbond substituents is 2. The average molecular weight is 366 g/mol. The second kappa shape index (κ2) is 7.24. The van der Waals surface area contributed by atoms with E-state index in [2.05, 4.69) is 43.3 Å². The van der Waals surface area contributed by atoms with E-state index in [9.17, 15) is 10.2 Å². The number of aromatic hydroxyl groups is 2. The van der Waals surface area contributed by atoms with Crippen LogP contribution in [0.5, 0.6) is 11.5 Å². The van der Waals surface area contributed by atoms with Gasteiger partial charge in [-0.15, -0.1) is 0 Å². The van der Waals surface area contributed by atoms with E-state index in [0.29, 0.717) is 0 Å². The van der Waals surface area contributed by atoms with Crippen molar-refractivity contribution >= 4 is 0 Å². The smallest absolute Gasteiger partial charge is 0.115 e. The van der Waals surface area contributed by atoms with Crippen molar-refractivity contribution in [3.05, 3.63) is 120 Å².